The molecule has 3 nitrogen and oxygen atoms in total. The lowest BCUT2D eigenvalue weighted by molar-refractivity contribution is 0.493. The number of aryl methyl sites for hydroxylation is 2. The van der Waals surface area contributed by atoms with Crippen LogP contribution in [-0.4, -0.2) is 22.2 Å². The molecule has 0 aliphatic rings. The highest BCUT2D eigenvalue weighted by Gasteiger charge is 2.10. The van der Waals surface area contributed by atoms with E-state index >= 15 is 0 Å². The SMILES string of the molecule is Cc1nn(C)c(CNCC(C)CCCl)c1Cl. The number of hydrogen-bond donors (Lipinski definition) is 1. The lowest BCUT2D eigenvalue weighted by atomic mass is 10.1. The summed E-state index contributed by atoms with van der Waals surface area (Å²) in [5.74, 6) is 1.31. The van der Waals surface area contributed by atoms with Gasteiger partial charge in [-0.05, 0) is 25.8 Å². The third-order valence-corrected chi connectivity index (χ3v) is 3.36. The van der Waals surface area contributed by atoms with Crippen LogP contribution in [-0.2, 0) is 13.6 Å². The van der Waals surface area contributed by atoms with Crippen molar-refractivity contribution in [3.05, 3.63) is 16.4 Å². The van der Waals surface area contributed by atoms with Crippen molar-refractivity contribution in [3.8, 4) is 0 Å². The van der Waals surface area contributed by atoms with Gasteiger partial charge in [-0.3, -0.25) is 4.68 Å². The summed E-state index contributed by atoms with van der Waals surface area (Å²) in [6.07, 6.45) is 1.03. The fourth-order valence-electron chi connectivity index (χ4n) is 1.60. The number of rotatable bonds is 6. The molecule has 1 aromatic rings. The van der Waals surface area contributed by atoms with Crippen LogP contribution in [0.3, 0.4) is 0 Å². The van der Waals surface area contributed by atoms with Crippen molar-refractivity contribution >= 4 is 23.2 Å². The Bertz CT molecular complexity index is 336. The number of alkyl halides is 1. The first-order valence-electron chi connectivity index (χ1n) is 5.51. The normalized spacial score (nSPS) is 13.1. The van der Waals surface area contributed by atoms with E-state index in [1.807, 2.05) is 18.7 Å². The minimum Gasteiger partial charge on any atom is -0.311 e. The van der Waals surface area contributed by atoms with Crippen LogP contribution in [0.4, 0.5) is 0 Å². The fourth-order valence-corrected chi connectivity index (χ4v) is 2.20. The molecule has 1 N–H and O–H groups in total. The van der Waals surface area contributed by atoms with Crippen molar-refractivity contribution in [1.82, 2.24) is 15.1 Å². The number of nitrogens with one attached hydrogen (secondary N) is 1. The molecule has 0 aliphatic carbocycles. The van der Waals surface area contributed by atoms with Crippen molar-refractivity contribution in [2.45, 2.75) is 26.8 Å². The van der Waals surface area contributed by atoms with Crippen molar-refractivity contribution in [2.75, 3.05) is 12.4 Å². The van der Waals surface area contributed by atoms with Crippen LogP contribution in [0.5, 0.6) is 0 Å². The molecule has 1 unspecified atom stereocenters. The van der Waals surface area contributed by atoms with Gasteiger partial charge in [0, 0.05) is 19.5 Å². The zero-order valence-electron chi connectivity index (χ0n) is 10.1. The van der Waals surface area contributed by atoms with E-state index in [9.17, 15) is 0 Å². The third kappa shape index (κ3) is 3.65. The first-order valence-corrected chi connectivity index (χ1v) is 6.42. The van der Waals surface area contributed by atoms with E-state index in [1.54, 1.807) is 0 Å². The highest BCUT2D eigenvalue weighted by molar-refractivity contribution is 6.31. The molecule has 16 heavy (non-hydrogen) atoms. The molecular weight excluding hydrogens is 245 g/mol. The first kappa shape index (κ1) is 13.8. The first-order chi connectivity index (χ1) is 7.56. The Morgan fingerprint density at radius 1 is 1.50 bits per heavy atom. The van der Waals surface area contributed by atoms with Gasteiger partial charge in [0.15, 0.2) is 0 Å². The Morgan fingerprint density at radius 2 is 2.19 bits per heavy atom. The van der Waals surface area contributed by atoms with Gasteiger partial charge < -0.3 is 5.32 Å². The van der Waals surface area contributed by atoms with E-state index in [1.165, 1.54) is 0 Å². The lowest BCUT2D eigenvalue weighted by Crippen LogP contribution is -2.22. The molecule has 1 aromatic heterocycles. The maximum Gasteiger partial charge on any atom is 0.0860 e. The van der Waals surface area contributed by atoms with Crippen molar-refractivity contribution in [2.24, 2.45) is 13.0 Å². The van der Waals surface area contributed by atoms with Gasteiger partial charge in [0.05, 0.1) is 16.4 Å². The summed E-state index contributed by atoms with van der Waals surface area (Å²) in [7, 11) is 1.91. The van der Waals surface area contributed by atoms with Crippen LogP contribution >= 0.6 is 23.2 Å². The minimum atomic E-state index is 0.589. The number of nitrogens with zero attached hydrogens (tertiary/aromatic N) is 2. The van der Waals surface area contributed by atoms with Gasteiger partial charge in [0.1, 0.15) is 0 Å². The summed E-state index contributed by atoms with van der Waals surface area (Å²) in [6.45, 7) is 5.81. The Balaban J connectivity index is 2.43. The van der Waals surface area contributed by atoms with Gasteiger partial charge in [0.2, 0.25) is 0 Å². The average molecular weight is 264 g/mol. The van der Waals surface area contributed by atoms with Crippen LogP contribution in [0.2, 0.25) is 5.02 Å². The summed E-state index contributed by atoms with van der Waals surface area (Å²) < 4.78 is 1.83. The summed E-state index contributed by atoms with van der Waals surface area (Å²) in [4.78, 5) is 0. The van der Waals surface area contributed by atoms with Crippen LogP contribution in [0.15, 0.2) is 0 Å². The smallest absolute Gasteiger partial charge is 0.0860 e. The number of halogens is 2. The van der Waals surface area contributed by atoms with Gasteiger partial charge in [-0.2, -0.15) is 5.10 Å². The Hall–Kier alpha value is -0.250. The Morgan fingerprint density at radius 3 is 2.69 bits per heavy atom. The summed E-state index contributed by atoms with van der Waals surface area (Å²) in [5.41, 5.74) is 1.92. The molecule has 92 valence electrons. The summed E-state index contributed by atoms with van der Waals surface area (Å²) in [6, 6.07) is 0. The molecule has 0 radical (unpaired) electrons. The van der Waals surface area contributed by atoms with Gasteiger partial charge in [-0.15, -0.1) is 11.6 Å². The zero-order chi connectivity index (χ0) is 12.1. The molecule has 0 saturated heterocycles. The maximum absolute atomic E-state index is 6.15. The molecule has 0 spiro atoms. The molecule has 0 bridgehead atoms. The lowest BCUT2D eigenvalue weighted by Gasteiger charge is -2.11. The van der Waals surface area contributed by atoms with E-state index in [0.29, 0.717) is 11.8 Å². The quantitative estimate of drug-likeness (QED) is 0.801. The standard InChI is InChI=1S/C11H19Cl2N3/c1-8(4-5-12)6-14-7-10-11(13)9(2)15-16(10)3/h8,14H,4-7H2,1-3H3. The van der Waals surface area contributed by atoms with Gasteiger partial charge in [-0.25, -0.2) is 0 Å². The van der Waals surface area contributed by atoms with Gasteiger partial charge in [-0.1, -0.05) is 18.5 Å². The minimum absolute atomic E-state index is 0.589. The monoisotopic (exact) mass is 263 g/mol. The van der Waals surface area contributed by atoms with E-state index in [4.69, 9.17) is 23.2 Å². The second-order valence-corrected chi connectivity index (χ2v) is 4.94. The van der Waals surface area contributed by atoms with Crippen molar-refractivity contribution in [3.63, 3.8) is 0 Å². The Kier molecular flexibility index (Phi) is 5.59. The molecule has 0 aromatic carbocycles. The molecular formula is C11H19Cl2N3. The Labute approximate surface area is 107 Å². The topological polar surface area (TPSA) is 29.9 Å². The predicted molar refractivity (Wildman–Crippen MR) is 69.2 cm³/mol. The van der Waals surface area contributed by atoms with Crippen LogP contribution in [0, 0.1) is 12.8 Å². The molecule has 0 fully saturated rings. The van der Waals surface area contributed by atoms with E-state index in [-0.39, 0.29) is 0 Å². The molecule has 1 heterocycles. The fraction of sp³-hybridized carbons (Fsp3) is 0.727. The molecule has 1 atom stereocenters. The summed E-state index contributed by atoms with van der Waals surface area (Å²) >= 11 is 11.8. The van der Waals surface area contributed by atoms with Crippen molar-refractivity contribution in [1.29, 1.82) is 0 Å². The molecule has 0 aliphatic heterocycles. The van der Waals surface area contributed by atoms with Crippen LogP contribution in [0.1, 0.15) is 24.7 Å². The van der Waals surface area contributed by atoms with Crippen LogP contribution in [0.25, 0.3) is 0 Å². The predicted octanol–water partition coefficient (Wildman–Crippen LogP) is 2.74. The number of aromatic nitrogens is 2. The second-order valence-electron chi connectivity index (χ2n) is 4.18. The third-order valence-electron chi connectivity index (χ3n) is 2.65. The van der Waals surface area contributed by atoms with E-state index < -0.39 is 0 Å². The number of hydrogen-bond acceptors (Lipinski definition) is 2. The molecule has 0 amide bonds. The maximum atomic E-state index is 6.15. The molecule has 0 saturated carbocycles. The largest absolute Gasteiger partial charge is 0.311 e. The highest BCUT2D eigenvalue weighted by Crippen LogP contribution is 2.18. The average Bonchev–Trinajstić information content (AvgIpc) is 2.45. The highest BCUT2D eigenvalue weighted by atomic mass is 35.5. The summed E-state index contributed by atoms with van der Waals surface area (Å²) in [5, 5.41) is 8.41. The van der Waals surface area contributed by atoms with Crippen molar-refractivity contribution < 1.29 is 0 Å². The van der Waals surface area contributed by atoms with E-state index in [2.05, 4.69) is 17.3 Å². The molecule has 1 rings (SSSR count). The molecule has 5 heteroatoms. The van der Waals surface area contributed by atoms with E-state index in [0.717, 1.165) is 35.9 Å². The van der Waals surface area contributed by atoms with Gasteiger partial charge >= 0.3 is 0 Å². The van der Waals surface area contributed by atoms with Crippen LogP contribution < -0.4 is 5.32 Å². The van der Waals surface area contributed by atoms with Gasteiger partial charge in [0.25, 0.3) is 0 Å². The zero-order valence-corrected chi connectivity index (χ0v) is 11.6. The second kappa shape index (κ2) is 6.48.